The molecule has 224 valence electrons. The van der Waals surface area contributed by atoms with E-state index in [2.05, 4.69) is 11.3 Å². The van der Waals surface area contributed by atoms with Crippen LogP contribution in [-0.4, -0.2) is 57.9 Å². The molecule has 1 rings (SSSR count). The summed E-state index contributed by atoms with van der Waals surface area (Å²) in [6.07, 6.45) is 5.41. The van der Waals surface area contributed by atoms with Gasteiger partial charge < -0.3 is 28.4 Å². The number of ether oxygens (including phenoxy) is 6. The van der Waals surface area contributed by atoms with E-state index in [1.54, 1.807) is 13.2 Å². The van der Waals surface area contributed by atoms with Crippen molar-refractivity contribution in [2.75, 3.05) is 27.4 Å². The molecule has 40 heavy (non-hydrogen) atoms. The molecule has 0 saturated carbocycles. The second-order valence-corrected chi connectivity index (χ2v) is 10.6. The Kier molecular flexibility index (Phi) is 16.2. The highest BCUT2D eigenvalue weighted by molar-refractivity contribution is 5.81. The number of benzene rings is 1. The van der Waals surface area contributed by atoms with Crippen molar-refractivity contribution >= 4 is 11.9 Å². The maximum Gasteiger partial charge on any atom is 0.330 e. The molecule has 0 aliphatic carbocycles. The standard InChI is InChI=1S/C32H48O8/c1-10-38-25(4)39-28(18-23(2)12-11-13-30(33)36-9)19-24(3)20-29(40-31(34)32(5,6)7)22-37-21-26-14-16-27(35-8)17-15-26/h11,13-17,19,25,28-29H,2,10,12,18,20-22H2,1,3-9H3/b13-11+,24-19+/t25?,28-,29-/m0/s1. The van der Waals surface area contributed by atoms with Crippen molar-refractivity contribution in [3.05, 3.63) is 65.8 Å². The first kappa shape index (κ1) is 35.1. The van der Waals surface area contributed by atoms with Gasteiger partial charge in [-0.15, -0.1) is 0 Å². The molecule has 0 spiro atoms. The molecule has 0 radical (unpaired) electrons. The highest BCUT2D eigenvalue weighted by Crippen LogP contribution is 2.22. The Labute approximate surface area is 240 Å². The van der Waals surface area contributed by atoms with Crippen molar-refractivity contribution in [3.8, 4) is 5.75 Å². The van der Waals surface area contributed by atoms with E-state index < -0.39 is 23.8 Å². The maximum absolute atomic E-state index is 12.7. The van der Waals surface area contributed by atoms with Gasteiger partial charge in [-0.2, -0.15) is 0 Å². The van der Waals surface area contributed by atoms with E-state index in [1.165, 1.54) is 13.2 Å². The highest BCUT2D eigenvalue weighted by Gasteiger charge is 2.27. The molecule has 0 N–H and O–H groups in total. The molecule has 1 aromatic rings. The van der Waals surface area contributed by atoms with Gasteiger partial charge in [-0.25, -0.2) is 4.79 Å². The Balaban J connectivity index is 2.96. The third-order valence-corrected chi connectivity index (χ3v) is 5.76. The molecule has 3 atom stereocenters. The predicted octanol–water partition coefficient (Wildman–Crippen LogP) is 6.34. The van der Waals surface area contributed by atoms with E-state index in [0.29, 0.717) is 32.5 Å². The second kappa shape index (κ2) is 18.4. The summed E-state index contributed by atoms with van der Waals surface area (Å²) in [5, 5.41) is 0. The summed E-state index contributed by atoms with van der Waals surface area (Å²) in [4.78, 5) is 24.1. The molecular weight excluding hydrogens is 512 g/mol. The largest absolute Gasteiger partial charge is 0.497 e. The van der Waals surface area contributed by atoms with Gasteiger partial charge in [0.15, 0.2) is 6.29 Å². The number of rotatable bonds is 18. The average Bonchev–Trinajstić information content (AvgIpc) is 2.88. The Morgan fingerprint density at radius 1 is 1.07 bits per heavy atom. The van der Waals surface area contributed by atoms with Crippen LogP contribution in [-0.2, 0) is 39.9 Å². The molecule has 0 bridgehead atoms. The number of methoxy groups -OCH3 is 2. The van der Waals surface area contributed by atoms with Crippen LogP contribution in [0, 0.1) is 5.41 Å². The van der Waals surface area contributed by atoms with Crippen molar-refractivity contribution in [1.29, 1.82) is 0 Å². The van der Waals surface area contributed by atoms with Crippen LogP contribution in [0.1, 0.15) is 66.4 Å². The number of carbonyl (C=O) groups is 2. The first-order valence-electron chi connectivity index (χ1n) is 13.6. The fraction of sp³-hybridized carbons (Fsp3) is 0.562. The minimum absolute atomic E-state index is 0.241. The van der Waals surface area contributed by atoms with E-state index in [9.17, 15) is 9.59 Å². The van der Waals surface area contributed by atoms with Gasteiger partial charge in [-0.1, -0.05) is 42.0 Å². The van der Waals surface area contributed by atoms with Gasteiger partial charge in [0, 0.05) is 19.1 Å². The van der Waals surface area contributed by atoms with E-state index in [0.717, 1.165) is 22.5 Å². The van der Waals surface area contributed by atoms with E-state index in [1.807, 2.05) is 71.9 Å². The molecule has 0 aromatic heterocycles. The summed E-state index contributed by atoms with van der Waals surface area (Å²) in [6, 6.07) is 7.64. The third-order valence-electron chi connectivity index (χ3n) is 5.76. The molecule has 0 saturated heterocycles. The molecule has 0 heterocycles. The first-order valence-corrected chi connectivity index (χ1v) is 13.6. The fourth-order valence-corrected chi connectivity index (χ4v) is 3.66. The normalized spacial score (nSPS) is 14.4. The molecule has 8 heteroatoms. The molecule has 8 nitrogen and oxygen atoms in total. The minimum atomic E-state index is -0.639. The lowest BCUT2D eigenvalue weighted by atomic mass is 9.97. The third kappa shape index (κ3) is 15.0. The van der Waals surface area contributed by atoms with Crippen LogP contribution in [0.4, 0.5) is 0 Å². The van der Waals surface area contributed by atoms with Crippen LogP contribution in [0.25, 0.3) is 0 Å². The summed E-state index contributed by atoms with van der Waals surface area (Å²) in [6.45, 7) is 16.5. The lowest BCUT2D eigenvalue weighted by Gasteiger charge is -2.25. The summed E-state index contributed by atoms with van der Waals surface area (Å²) < 4.78 is 33.4. The fourth-order valence-electron chi connectivity index (χ4n) is 3.66. The zero-order chi connectivity index (χ0) is 30.1. The van der Waals surface area contributed by atoms with Gasteiger partial charge in [-0.05, 0) is 72.1 Å². The van der Waals surface area contributed by atoms with Crippen molar-refractivity contribution < 1.29 is 38.0 Å². The number of allylic oxidation sites excluding steroid dienone is 1. The summed E-state index contributed by atoms with van der Waals surface area (Å²) in [5.41, 5.74) is 2.22. The van der Waals surface area contributed by atoms with Crippen molar-refractivity contribution in [2.45, 2.75) is 85.9 Å². The SMILES string of the molecule is C=C(C/C=C/C(=O)OC)C[C@@H](/C=C(\C)C[C@@H](COCc1ccc(OC)cc1)OC(=O)C(C)(C)C)OC(C)OCC. The monoisotopic (exact) mass is 560 g/mol. The number of hydrogen-bond acceptors (Lipinski definition) is 8. The van der Waals surface area contributed by atoms with Crippen LogP contribution in [0.5, 0.6) is 5.75 Å². The van der Waals surface area contributed by atoms with Gasteiger partial charge in [0.25, 0.3) is 0 Å². The predicted molar refractivity (Wildman–Crippen MR) is 156 cm³/mol. The van der Waals surface area contributed by atoms with Crippen LogP contribution in [0.2, 0.25) is 0 Å². The van der Waals surface area contributed by atoms with Gasteiger partial charge in [0.05, 0.1) is 39.0 Å². The Hall–Kier alpha value is -2.94. The number of esters is 2. The minimum Gasteiger partial charge on any atom is -0.497 e. The Bertz CT molecular complexity index is 972. The highest BCUT2D eigenvalue weighted by atomic mass is 16.7. The Morgan fingerprint density at radius 3 is 2.33 bits per heavy atom. The summed E-state index contributed by atoms with van der Waals surface area (Å²) >= 11 is 0. The quantitative estimate of drug-likeness (QED) is 0.0889. The maximum atomic E-state index is 12.7. The topological polar surface area (TPSA) is 89.5 Å². The molecule has 1 aromatic carbocycles. The second-order valence-electron chi connectivity index (χ2n) is 10.6. The van der Waals surface area contributed by atoms with Gasteiger partial charge in [0.1, 0.15) is 11.9 Å². The van der Waals surface area contributed by atoms with Gasteiger partial charge in [-0.3, -0.25) is 4.79 Å². The van der Waals surface area contributed by atoms with Crippen molar-refractivity contribution in [2.24, 2.45) is 5.41 Å². The zero-order valence-corrected chi connectivity index (χ0v) is 25.5. The van der Waals surface area contributed by atoms with E-state index >= 15 is 0 Å². The Morgan fingerprint density at radius 2 is 1.75 bits per heavy atom. The lowest BCUT2D eigenvalue weighted by Crippen LogP contribution is -2.31. The molecule has 0 fully saturated rings. The van der Waals surface area contributed by atoms with E-state index in [4.69, 9.17) is 23.7 Å². The molecule has 0 amide bonds. The van der Waals surface area contributed by atoms with Crippen LogP contribution < -0.4 is 4.74 Å². The lowest BCUT2D eigenvalue weighted by molar-refractivity contribution is -0.161. The van der Waals surface area contributed by atoms with Crippen LogP contribution in [0.15, 0.2) is 60.2 Å². The average molecular weight is 561 g/mol. The zero-order valence-electron chi connectivity index (χ0n) is 25.5. The van der Waals surface area contributed by atoms with Crippen molar-refractivity contribution in [3.63, 3.8) is 0 Å². The first-order chi connectivity index (χ1) is 18.9. The number of carbonyl (C=O) groups excluding carboxylic acids is 2. The molecular formula is C32H48O8. The molecule has 0 aliphatic heterocycles. The van der Waals surface area contributed by atoms with E-state index in [-0.39, 0.29) is 18.7 Å². The van der Waals surface area contributed by atoms with Crippen LogP contribution >= 0.6 is 0 Å². The smallest absolute Gasteiger partial charge is 0.330 e. The summed E-state index contributed by atoms with van der Waals surface area (Å²) in [5.74, 6) is 0.0762. The van der Waals surface area contributed by atoms with Crippen LogP contribution in [0.3, 0.4) is 0 Å². The van der Waals surface area contributed by atoms with Gasteiger partial charge in [0.2, 0.25) is 0 Å². The molecule has 1 unspecified atom stereocenters. The van der Waals surface area contributed by atoms with Gasteiger partial charge >= 0.3 is 11.9 Å². The molecule has 0 aliphatic rings. The number of hydrogen-bond donors (Lipinski definition) is 0. The van der Waals surface area contributed by atoms with Crippen molar-refractivity contribution in [1.82, 2.24) is 0 Å². The summed E-state index contributed by atoms with van der Waals surface area (Å²) in [7, 11) is 2.96.